The minimum Gasteiger partial charge on any atom is -0.494 e. The number of rotatable bonds is 13. The van der Waals surface area contributed by atoms with E-state index in [9.17, 15) is 23.1 Å². The van der Waals surface area contributed by atoms with E-state index < -0.39 is 29.5 Å². The number of hydrogen-bond acceptors (Lipinski definition) is 5. The molecule has 4 atom stereocenters. The van der Waals surface area contributed by atoms with Crippen LogP contribution < -0.4 is 10.1 Å². The molecular weight excluding hydrogens is 461 g/mol. The fraction of sp³-hybridized carbons (Fsp3) is 0.500. The topological polar surface area (TPSA) is 71.0 Å². The van der Waals surface area contributed by atoms with Crippen LogP contribution in [0.4, 0.5) is 13.2 Å². The highest BCUT2D eigenvalue weighted by Crippen LogP contribution is 2.45. The van der Waals surface area contributed by atoms with Gasteiger partial charge in [0, 0.05) is 50.3 Å². The van der Waals surface area contributed by atoms with Crippen molar-refractivity contribution in [2.45, 2.75) is 38.5 Å². The maximum Gasteiger partial charge on any atom is 0.333 e. The van der Waals surface area contributed by atoms with Gasteiger partial charge >= 0.3 is 5.97 Å². The Labute approximate surface area is 203 Å². The third-order valence-electron chi connectivity index (χ3n) is 6.71. The lowest BCUT2D eigenvalue weighted by Crippen LogP contribution is -2.32. The normalized spacial score (nSPS) is 22.1. The number of benzene rings is 2. The van der Waals surface area contributed by atoms with Gasteiger partial charge in [-0.2, -0.15) is 0 Å². The van der Waals surface area contributed by atoms with Crippen LogP contribution in [0.2, 0.25) is 0 Å². The number of piperidine rings is 1. The summed E-state index contributed by atoms with van der Waals surface area (Å²) in [5.41, 5.74) is 1.07. The molecule has 9 heteroatoms. The minimum absolute atomic E-state index is 0.191. The average Bonchev–Trinajstić information content (AvgIpc) is 3.27. The fourth-order valence-electron chi connectivity index (χ4n) is 4.86. The quantitative estimate of drug-likeness (QED) is 0.329. The predicted octanol–water partition coefficient (Wildman–Crippen LogP) is 3.63. The first-order chi connectivity index (χ1) is 16.9. The summed E-state index contributed by atoms with van der Waals surface area (Å²) in [5, 5.41) is 12.7. The molecule has 2 aromatic carbocycles. The average molecular weight is 493 g/mol. The van der Waals surface area contributed by atoms with E-state index >= 15 is 0 Å². The number of nitrogens with one attached hydrogen (secondary N) is 1. The summed E-state index contributed by atoms with van der Waals surface area (Å²) in [6.45, 7) is 5.43. The van der Waals surface area contributed by atoms with Crippen LogP contribution in [0.3, 0.4) is 0 Å². The molecule has 0 radical (unpaired) electrons. The van der Waals surface area contributed by atoms with Gasteiger partial charge in [-0.3, -0.25) is 4.90 Å². The summed E-state index contributed by atoms with van der Waals surface area (Å²) in [5.74, 6) is -2.11. The Kier molecular flexibility index (Phi) is 8.30. The van der Waals surface area contributed by atoms with Gasteiger partial charge in [-0.1, -0.05) is 12.1 Å². The number of carbonyl (C=O) groups is 1. The number of hydrogen-bond donors (Lipinski definition) is 2. The number of ether oxygens (including phenoxy) is 2. The van der Waals surface area contributed by atoms with E-state index in [1.165, 1.54) is 0 Å². The summed E-state index contributed by atoms with van der Waals surface area (Å²) in [7, 11) is 0. The standard InChI is InChI=1S/C26H31F3N2O4/c1-2-34-24(26(32)33)10-16-4-6-18(7-5-16)35-9-3-8-30-25-19-14-31(15-20(19)25)13-17-11-22(28)23(29)12-21(17)27/h4-7,11-12,19-20,24-25,30H,2-3,8-10,13-15H2,1H3,(H,32,33)/t19-,20?,24+,25?/m1/s1. The molecule has 6 nitrogen and oxygen atoms in total. The molecular formula is C26H31F3N2O4. The molecule has 1 heterocycles. The van der Waals surface area contributed by atoms with Crippen molar-refractivity contribution < 1.29 is 32.5 Å². The van der Waals surface area contributed by atoms with E-state index in [1.54, 1.807) is 6.92 Å². The molecule has 190 valence electrons. The second kappa shape index (κ2) is 11.4. The molecule has 1 aliphatic carbocycles. The van der Waals surface area contributed by atoms with Crippen molar-refractivity contribution in [2.75, 3.05) is 32.8 Å². The monoisotopic (exact) mass is 492 g/mol. The molecule has 2 fully saturated rings. The smallest absolute Gasteiger partial charge is 0.333 e. The molecule has 2 N–H and O–H groups in total. The van der Waals surface area contributed by atoms with E-state index in [1.807, 2.05) is 24.3 Å². The van der Waals surface area contributed by atoms with E-state index in [0.29, 0.717) is 43.6 Å². The Morgan fingerprint density at radius 3 is 2.46 bits per heavy atom. The van der Waals surface area contributed by atoms with E-state index in [2.05, 4.69) is 10.2 Å². The van der Waals surface area contributed by atoms with Gasteiger partial charge in [-0.15, -0.1) is 0 Å². The molecule has 0 amide bonds. The van der Waals surface area contributed by atoms with Crippen molar-refractivity contribution in [2.24, 2.45) is 11.8 Å². The second-order valence-electron chi connectivity index (χ2n) is 9.19. The molecule has 1 aliphatic heterocycles. The highest BCUT2D eigenvalue weighted by Gasteiger charge is 2.55. The summed E-state index contributed by atoms with van der Waals surface area (Å²) in [6.07, 6.45) is 0.302. The number of aliphatic carboxylic acids is 1. The third-order valence-corrected chi connectivity index (χ3v) is 6.71. The van der Waals surface area contributed by atoms with Gasteiger partial charge in [0.2, 0.25) is 0 Å². The van der Waals surface area contributed by atoms with Crippen LogP contribution in [0.5, 0.6) is 5.75 Å². The largest absolute Gasteiger partial charge is 0.494 e. The molecule has 0 aromatic heterocycles. The van der Waals surface area contributed by atoms with Crippen molar-refractivity contribution in [3.8, 4) is 5.75 Å². The molecule has 35 heavy (non-hydrogen) atoms. The summed E-state index contributed by atoms with van der Waals surface area (Å²) in [4.78, 5) is 13.3. The fourth-order valence-corrected chi connectivity index (χ4v) is 4.86. The van der Waals surface area contributed by atoms with Crippen LogP contribution in [0.1, 0.15) is 24.5 Å². The van der Waals surface area contributed by atoms with Crippen LogP contribution >= 0.6 is 0 Å². The van der Waals surface area contributed by atoms with Gasteiger partial charge in [0.05, 0.1) is 6.61 Å². The lowest BCUT2D eigenvalue weighted by Gasteiger charge is -2.20. The first-order valence-electron chi connectivity index (χ1n) is 12.0. The van der Waals surface area contributed by atoms with Crippen LogP contribution in [0.25, 0.3) is 0 Å². The van der Waals surface area contributed by atoms with Crippen molar-refractivity contribution in [3.05, 3.63) is 65.0 Å². The molecule has 0 spiro atoms. The van der Waals surface area contributed by atoms with Gasteiger partial charge in [0.1, 0.15) is 11.6 Å². The number of fused-ring (bicyclic) bond motifs is 1. The SMILES string of the molecule is CCO[C@@H](Cc1ccc(OCCCNC2C3CN(Cc4cc(F)c(F)cc4F)C[C@H]32)cc1)C(=O)O. The lowest BCUT2D eigenvalue weighted by atomic mass is 10.1. The maximum atomic E-state index is 13.9. The van der Waals surface area contributed by atoms with E-state index in [-0.39, 0.29) is 12.1 Å². The van der Waals surface area contributed by atoms with Crippen LogP contribution in [0, 0.1) is 29.3 Å². The zero-order chi connectivity index (χ0) is 24.9. The van der Waals surface area contributed by atoms with E-state index in [4.69, 9.17) is 9.47 Å². The van der Waals surface area contributed by atoms with Gasteiger partial charge in [0.25, 0.3) is 0 Å². The van der Waals surface area contributed by atoms with Gasteiger partial charge in [0.15, 0.2) is 17.7 Å². The molecule has 0 bridgehead atoms. The Bertz CT molecular complexity index is 1010. The molecule has 2 unspecified atom stereocenters. The number of likely N-dealkylation sites (tertiary alicyclic amines) is 1. The molecule has 1 saturated carbocycles. The van der Waals surface area contributed by atoms with Crippen molar-refractivity contribution >= 4 is 5.97 Å². The summed E-state index contributed by atoms with van der Waals surface area (Å²) < 4.78 is 51.4. The highest BCUT2D eigenvalue weighted by molar-refractivity contribution is 5.72. The first-order valence-corrected chi connectivity index (χ1v) is 12.0. The van der Waals surface area contributed by atoms with Crippen LogP contribution in [-0.2, 0) is 22.5 Å². The summed E-state index contributed by atoms with van der Waals surface area (Å²) >= 11 is 0. The third kappa shape index (κ3) is 6.54. The highest BCUT2D eigenvalue weighted by atomic mass is 19.2. The van der Waals surface area contributed by atoms with Crippen LogP contribution in [-0.4, -0.2) is 61.0 Å². The predicted molar refractivity (Wildman–Crippen MR) is 124 cm³/mol. The zero-order valence-electron chi connectivity index (χ0n) is 19.7. The Morgan fingerprint density at radius 2 is 1.80 bits per heavy atom. The molecule has 2 aliphatic rings. The van der Waals surface area contributed by atoms with Crippen LogP contribution in [0.15, 0.2) is 36.4 Å². The number of nitrogens with zero attached hydrogens (tertiary/aromatic N) is 1. The lowest BCUT2D eigenvalue weighted by molar-refractivity contribution is -0.149. The Hall–Kier alpha value is -2.62. The maximum absolute atomic E-state index is 13.9. The van der Waals surface area contributed by atoms with Gasteiger partial charge in [-0.05, 0) is 55.5 Å². The van der Waals surface area contributed by atoms with Crippen molar-refractivity contribution in [3.63, 3.8) is 0 Å². The van der Waals surface area contributed by atoms with Gasteiger partial charge in [-0.25, -0.2) is 18.0 Å². The molecule has 4 rings (SSSR count). The second-order valence-corrected chi connectivity index (χ2v) is 9.19. The number of carboxylic acid groups (broad SMARTS) is 1. The van der Waals surface area contributed by atoms with Gasteiger partial charge < -0.3 is 19.9 Å². The van der Waals surface area contributed by atoms with Crippen molar-refractivity contribution in [1.29, 1.82) is 0 Å². The summed E-state index contributed by atoms with van der Waals surface area (Å²) in [6, 6.07) is 9.38. The van der Waals surface area contributed by atoms with E-state index in [0.717, 1.165) is 43.4 Å². The van der Waals surface area contributed by atoms with Crippen molar-refractivity contribution in [1.82, 2.24) is 10.2 Å². The minimum atomic E-state index is -1.16. The Balaban J connectivity index is 1.10. The number of halogens is 3. The Morgan fingerprint density at radius 1 is 1.11 bits per heavy atom. The number of carboxylic acids is 1. The first kappa shape index (κ1) is 25.5. The molecule has 2 aromatic rings. The molecule has 1 saturated heterocycles. The zero-order valence-corrected chi connectivity index (χ0v) is 19.7.